The van der Waals surface area contributed by atoms with E-state index in [1.54, 1.807) is 42.5 Å². The molecule has 0 fully saturated rings. The van der Waals surface area contributed by atoms with Gasteiger partial charge in [-0.15, -0.1) is 0 Å². The van der Waals surface area contributed by atoms with Crippen LogP contribution in [0, 0.1) is 10.1 Å². The van der Waals surface area contributed by atoms with Crippen LogP contribution in [0.2, 0.25) is 0 Å². The van der Waals surface area contributed by atoms with Crippen LogP contribution < -0.4 is 10.6 Å². The van der Waals surface area contributed by atoms with Crippen molar-refractivity contribution in [1.82, 2.24) is 9.97 Å². The number of nitrogens with one attached hydrogen (secondary N) is 2. The third-order valence-electron chi connectivity index (χ3n) is 3.62. The Balaban J connectivity index is 1.97. The molecule has 8 nitrogen and oxygen atoms in total. The van der Waals surface area contributed by atoms with Crippen molar-refractivity contribution in [3.05, 3.63) is 75.0 Å². The van der Waals surface area contributed by atoms with E-state index in [1.165, 1.54) is 13.3 Å². The second kappa shape index (κ2) is 7.92. The van der Waals surface area contributed by atoms with E-state index >= 15 is 0 Å². The van der Waals surface area contributed by atoms with Crippen molar-refractivity contribution in [3.8, 4) is 0 Å². The molecule has 3 aromatic rings. The first-order valence-electron chi connectivity index (χ1n) is 7.84. The van der Waals surface area contributed by atoms with Crippen molar-refractivity contribution in [2.24, 2.45) is 0 Å². The predicted molar refractivity (Wildman–Crippen MR) is 106 cm³/mol. The Hall–Kier alpha value is -3.33. The normalized spacial score (nSPS) is 10.3. The van der Waals surface area contributed by atoms with Gasteiger partial charge >= 0.3 is 5.69 Å². The van der Waals surface area contributed by atoms with E-state index in [9.17, 15) is 14.9 Å². The average Bonchev–Trinajstić information content (AvgIpc) is 2.62. The molecule has 1 heterocycles. The van der Waals surface area contributed by atoms with Gasteiger partial charge in [0.1, 0.15) is 6.33 Å². The SMILES string of the molecule is CC(=O)c1cccc(Nc2ncnc(Nc3cccc(Br)c3)c2[N+](=O)[O-])c1. The van der Waals surface area contributed by atoms with Crippen molar-refractivity contribution in [3.63, 3.8) is 0 Å². The molecule has 0 spiro atoms. The highest BCUT2D eigenvalue weighted by Crippen LogP contribution is 2.33. The summed E-state index contributed by atoms with van der Waals surface area (Å²) in [4.78, 5) is 30.6. The summed E-state index contributed by atoms with van der Waals surface area (Å²) < 4.78 is 0.823. The summed E-state index contributed by atoms with van der Waals surface area (Å²) in [5, 5.41) is 17.5. The minimum atomic E-state index is -0.558. The standard InChI is InChI=1S/C18H14BrN5O3/c1-11(25)12-4-2-6-14(8-12)22-17-16(24(26)27)18(21-10-20-17)23-15-7-3-5-13(19)9-15/h2-10H,1H3,(H2,20,21,22,23). The van der Waals surface area contributed by atoms with Crippen molar-refractivity contribution in [2.75, 3.05) is 10.6 Å². The van der Waals surface area contributed by atoms with Gasteiger partial charge in [0.05, 0.1) is 4.92 Å². The van der Waals surface area contributed by atoms with Crippen molar-refractivity contribution >= 4 is 50.4 Å². The van der Waals surface area contributed by atoms with Crippen LogP contribution in [-0.2, 0) is 0 Å². The van der Waals surface area contributed by atoms with Gasteiger partial charge in [-0.05, 0) is 37.3 Å². The van der Waals surface area contributed by atoms with Crippen LogP contribution in [-0.4, -0.2) is 20.7 Å². The highest BCUT2D eigenvalue weighted by atomic mass is 79.9. The van der Waals surface area contributed by atoms with Gasteiger partial charge in [0.15, 0.2) is 5.78 Å². The van der Waals surface area contributed by atoms with E-state index in [2.05, 4.69) is 36.5 Å². The number of Topliss-reactive ketones (excluding diaryl/α,β-unsaturated/α-hetero) is 1. The first-order valence-corrected chi connectivity index (χ1v) is 8.63. The molecule has 3 rings (SSSR count). The predicted octanol–water partition coefficient (Wildman–Crippen LogP) is 4.84. The summed E-state index contributed by atoms with van der Waals surface area (Å²) in [5.74, 6) is -0.0284. The molecule has 0 saturated carbocycles. The molecule has 0 aliphatic rings. The lowest BCUT2D eigenvalue weighted by Gasteiger charge is -2.11. The van der Waals surface area contributed by atoms with Gasteiger partial charge in [-0.2, -0.15) is 0 Å². The highest BCUT2D eigenvalue weighted by Gasteiger charge is 2.23. The lowest BCUT2D eigenvalue weighted by Crippen LogP contribution is -2.06. The Morgan fingerprint density at radius 2 is 1.63 bits per heavy atom. The molecule has 0 aliphatic carbocycles. The molecule has 0 amide bonds. The summed E-state index contributed by atoms with van der Waals surface area (Å²) in [6.45, 7) is 1.45. The Morgan fingerprint density at radius 3 is 2.19 bits per heavy atom. The Kier molecular flexibility index (Phi) is 5.41. The molecule has 0 bridgehead atoms. The number of anilines is 4. The molecule has 2 N–H and O–H groups in total. The topological polar surface area (TPSA) is 110 Å². The monoisotopic (exact) mass is 427 g/mol. The molecule has 27 heavy (non-hydrogen) atoms. The van der Waals surface area contributed by atoms with Crippen LogP contribution in [0.3, 0.4) is 0 Å². The summed E-state index contributed by atoms with van der Waals surface area (Å²) in [6, 6.07) is 13.8. The number of carbonyl (C=O) groups excluding carboxylic acids is 1. The van der Waals surface area contributed by atoms with Crippen LogP contribution in [0.25, 0.3) is 0 Å². The number of hydrogen-bond acceptors (Lipinski definition) is 7. The molecule has 0 aliphatic heterocycles. The lowest BCUT2D eigenvalue weighted by molar-refractivity contribution is -0.383. The number of aromatic nitrogens is 2. The minimum Gasteiger partial charge on any atom is -0.334 e. The zero-order valence-corrected chi connectivity index (χ0v) is 15.7. The van der Waals surface area contributed by atoms with Gasteiger partial charge in [-0.3, -0.25) is 14.9 Å². The first-order chi connectivity index (χ1) is 12.9. The van der Waals surface area contributed by atoms with Crippen LogP contribution >= 0.6 is 15.9 Å². The van der Waals surface area contributed by atoms with E-state index in [4.69, 9.17) is 0 Å². The highest BCUT2D eigenvalue weighted by molar-refractivity contribution is 9.10. The van der Waals surface area contributed by atoms with Gasteiger partial charge in [0, 0.05) is 21.4 Å². The van der Waals surface area contributed by atoms with E-state index in [0.29, 0.717) is 16.9 Å². The maximum atomic E-state index is 11.6. The number of ketones is 1. The van der Waals surface area contributed by atoms with Gasteiger partial charge < -0.3 is 10.6 Å². The maximum Gasteiger partial charge on any atom is 0.353 e. The molecule has 2 aromatic carbocycles. The smallest absolute Gasteiger partial charge is 0.334 e. The average molecular weight is 428 g/mol. The number of nitro groups is 1. The number of rotatable bonds is 6. The molecular formula is C18H14BrN5O3. The van der Waals surface area contributed by atoms with Gasteiger partial charge in [0.25, 0.3) is 0 Å². The molecule has 0 unspecified atom stereocenters. The number of benzene rings is 2. The van der Waals surface area contributed by atoms with E-state index < -0.39 is 4.92 Å². The lowest BCUT2D eigenvalue weighted by atomic mass is 10.1. The fourth-order valence-electron chi connectivity index (χ4n) is 2.39. The molecular weight excluding hydrogens is 414 g/mol. The molecule has 9 heteroatoms. The van der Waals surface area contributed by atoms with Crippen LogP contribution in [0.5, 0.6) is 0 Å². The van der Waals surface area contributed by atoms with E-state index in [-0.39, 0.29) is 23.1 Å². The van der Waals surface area contributed by atoms with E-state index in [0.717, 1.165) is 4.47 Å². The van der Waals surface area contributed by atoms with Crippen LogP contribution in [0.1, 0.15) is 17.3 Å². The Morgan fingerprint density at radius 1 is 1.04 bits per heavy atom. The third-order valence-corrected chi connectivity index (χ3v) is 4.12. The van der Waals surface area contributed by atoms with Crippen molar-refractivity contribution in [2.45, 2.75) is 6.92 Å². The molecule has 0 saturated heterocycles. The summed E-state index contributed by atoms with van der Waals surface area (Å²) in [5.41, 5.74) is 1.34. The van der Waals surface area contributed by atoms with Crippen LogP contribution in [0.4, 0.5) is 28.7 Å². The fourth-order valence-corrected chi connectivity index (χ4v) is 2.79. The van der Waals surface area contributed by atoms with Crippen LogP contribution in [0.15, 0.2) is 59.3 Å². The maximum absolute atomic E-state index is 11.6. The zero-order chi connectivity index (χ0) is 19.4. The second-order valence-electron chi connectivity index (χ2n) is 5.57. The zero-order valence-electron chi connectivity index (χ0n) is 14.1. The molecule has 1 aromatic heterocycles. The largest absolute Gasteiger partial charge is 0.353 e. The number of nitrogens with zero attached hydrogens (tertiary/aromatic N) is 3. The first kappa shape index (κ1) is 18.5. The quantitative estimate of drug-likeness (QED) is 0.329. The van der Waals surface area contributed by atoms with Crippen molar-refractivity contribution < 1.29 is 9.72 Å². The van der Waals surface area contributed by atoms with Gasteiger partial charge in [-0.25, -0.2) is 9.97 Å². The number of carbonyl (C=O) groups is 1. The van der Waals surface area contributed by atoms with Gasteiger partial charge in [-0.1, -0.05) is 34.1 Å². The minimum absolute atomic E-state index is 0.0215. The summed E-state index contributed by atoms with van der Waals surface area (Å²) in [7, 11) is 0. The van der Waals surface area contributed by atoms with Gasteiger partial charge in [0.2, 0.25) is 11.6 Å². The van der Waals surface area contributed by atoms with E-state index in [1.807, 2.05) is 6.07 Å². The Bertz CT molecular complexity index is 1030. The number of halogens is 1. The Labute approximate surface area is 162 Å². The second-order valence-corrected chi connectivity index (χ2v) is 6.49. The molecule has 136 valence electrons. The summed E-state index contributed by atoms with van der Waals surface area (Å²) >= 11 is 3.35. The van der Waals surface area contributed by atoms with Crippen molar-refractivity contribution in [1.29, 1.82) is 0 Å². The number of hydrogen-bond donors (Lipinski definition) is 2. The third kappa shape index (κ3) is 4.45. The summed E-state index contributed by atoms with van der Waals surface area (Å²) in [6.07, 6.45) is 1.23. The fraction of sp³-hybridized carbons (Fsp3) is 0.0556. The molecule has 0 atom stereocenters. The molecule has 0 radical (unpaired) electrons.